The van der Waals surface area contributed by atoms with Crippen molar-refractivity contribution in [2.75, 3.05) is 7.11 Å². The summed E-state index contributed by atoms with van der Waals surface area (Å²) in [4.78, 5) is 10.9. The summed E-state index contributed by atoms with van der Waals surface area (Å²) in [6, 6.07) is 5.13. The summed E-state index contributed by atoms with van der Waals surface area (Å²) in [5.41, 5.74) is 5.63. The van der Waals surface area contributed by atoms with E-state index in [-0.39, 0.29) is 0 Å². The highest BCUT2D eigenvalue weighted by molar-refractivity contribution is 6.36. The molecule has 1 aromatic rings. The second-order valence-corrected chi connectivity index (χ2v) is 4.49. The van der Waals surface area contributed by atoms with Gasteiger partial charge in [-0.1, -0.05) is 36.2 Å². The summed E-state index contributed by atoms with van der Waals surface area (Å²) in [7, 11) is 1.50. The number of benzene rings is 1. The summed E-state index contributed by atoms with van der Waals surface area (Å²) in [5.74, 6) is 0. The molecule has 0 aliphatic carbocycles. The Labute approximate surface area is 116 Å². The highest BCUT2D eigenvalue weighted by Crippen LogP contribution is 2.35. The SMILES string of the molecule is CCC(OC(N)=O)C(OC)c1c(Cl)cccc1Cl. The molecular weight excluding hydrogens is 277 g/mol. The number of hydrogen-bond acceptors (Lipinski definition) is 3. The van der Waals surface area contributed by atoms with Crippen molar-refractivity contribution >= 4 is 29.3 Å². The molecule has 0 aliphatic heterocycles. The summed E-state index contributed by atoms with van der Waals surface area (Å²) < 4.78 is 10.4. The molecule has 0 radical (unpaired) electrons. The second-order valence-electron chi connectivity index (χ2n) is 3.68. The van der Waals surface area contributed by atoms with Gasteiger partial charge in [0.2, 0.25) is 0 Å². The lowest BCUT2D eigenvalue weighted by Crippen LogP contribution is -2.29. The molecule has 0 bridgehead atoms. The number of primary amides is 1. The van der Waals surface area contributed by atoms with Crippen LogP contribution in [0.4, 0.5) is 4.79 Å². The normalized spacial score (nSPS) is 14.0. The van der Waals surface area contributed by atoms with Crippen molar-refractivity contribution in [2.45, 2.75) is 25.6 Å². The molecule has 0 spiro atoms. The Bertz CT molecular complexity index is 406. The highest BCUT2D eigenvalue weighted by atomic mass is 35.5. The standard InChI is InChI=1S/C12H15Cl2NO3/c1-3-9(18-12(15)16)11(17-2)10-7(13)5-4-6-8(10)14/h4-6,9,11H,3H2,1-2H3,(H2,15,16). The summed E-state index contributed by atoms with van der Waals surface area (Å²) in [5, 5.41) is 0.918. The smallest absolute Gasteiger partial charge is 0.404 e. The van der Waals surface area contributed by atoms with Gasteiger partial charge in [0.1, 0.15) is 12.2 Å². The number of methoxy groups -OCH3 is 1. The maximum atomic E-state index is 10.9. The first-order valence-electron chi connectivity index (χ1n) is 5.44. The predicted molar refractivity (Wildman–Crippen MR) is 71.0 cm³/mol. The number of ether oxygens (including phenoxy) is 2. The molecule has 1 rings (SSSR count). The molecule has 1 aromatic carbocycles. The van der Waals surface area contributed by atoms with Gasteiger partial charge in [-0.25, -0.2) is 4.79 Å². The van der Waals surface area contributed by atoms with E-state index in [0.717, 1.165) is 0 Å². The van der Waals surface area contributed by atoms with Crippen molar-refractivity contribution in [1.82, 2.24) is 0 Å². The van der Waals surface area contributed by atoms with E-state index in [2.05, 4.69) is 0 Å². The van der Waals surface area contributed by atoms with E-state index in [1.807, 2.05) is 6.92 Å². The molecule has 0 saturated heterocycles. The zero-order chi connectivity index (χ0) is 13.7. The van der Waals surface area contributed by atoms with Crippen LogP contribution in [0.5, 0.6) is 0 Å². The maximum Gasteiger partial charge on any atom is 0.404 e. The van der Waals surface area contributed by atoms with Crippen LogP contribution in [0.2, 0.25) is 10.0 Å². The van der Waals surface area contributed by atoms with E-state index in [0.29, 0.717) is 22.0 Å². The molecule has 0 heterocycles. The Morgan fingerprint density at radius 2 is 1.94 bits per heavy atom. The Morgan fingerprint density at radius 3 is 2.33 bits per heavy atom. The first-order chi connectivity index (χ1) is 8.51. The molecule has 1 amide bonds. The Morgan fingerprint density at radius 1 is 1.39 bits per heavy atom. The highest BCUT2D eigenvalue weighted by Gasteiger charge is 2.28. The largest absolute Gasteiger partial charge is 0.443 e. The third kappa shape index (κ3) is 3.51. The topological polar surface area (TPSA) is 61.5 Å². The lowest BCUT2D eigenvalue weighted by atomic mass is 10.0. The number of nitrogens with two attached hydrogens (primary N) is 1. The number of rotatable bonds is 5. The van der Waals surface area contributed by atoms with E-state index in [9.17, 15) is 4.79 Å². The number of amides is 1. The molecule has 0 aromatic heterocycles. The van der Waals surface area contributed by atoms with E-state index in [4.69, 9.17) is 38.4 Å². The quantitative estimate of drug-likeness (QED) is 0.902. The third-order valence-corrected chi connectivity index (χ3v) is 3.20. The Hall–Kier alpha value is -0.970. The minimum atomic E-state index is -0.855. The first kappa shape index (κ1) is 15.1. The van der Waals surface area contributed by atoms with Crippen LogP contribution in [-0.2, 0) is 9.47 Å². The lowest BCUT2D eigenvalue weighted by Gasteiger charge is -2.26. The van der Waals surface area contributed by atoms with Crippen molar-refractivity contribution in [1.29, 1.82) is 0 Å². The fourth-order valence-electron chi connectivity index (χ4n) is 1.75. The lowest BCUT2D eigenvalue weighted by molar-refractivity contribution is -0.0226. The molecule has 0 aliphatic rings. The number of carbonyl (C=O) groups is 1. The van der Waals surface area contributed by atoms with Gasteiger partial charge < -0.3 is 15.2 Å². The molecular formula is C12H15Cl2NO3. The van der Waals surface area contributed by atoms with Crippen LogP contribution in [0.3, 0.4) is 0 Å². The molecule has 0 saturated carbocycles. The molecule has 2 N–H and O–H groups in total. The molecule has 18 heavy (non-hydrogen) atoms. The fraction of sp³-hybridized carbons (Fsp3) is 0.417. The maximum absolute atomic E-state index is 10.9. The zero-order valence-electron chi connectivity index (χ0n) is 10.2. The van der Waals surface area contributed by atoms with Gasteiger partial charge in [-0.05, 0) is 18.6 Å². The first-order valence-corrected chi connectivity index (χ1v) is 6.19. The minimum Gasteiger partial charge on any atom is -0.443 e. The fourth-order valence-corrected chi connectivity index (χ4v) is 2.36. The van der Waals surface area contributed by atoms with Crippen LogP contribution in [0, 0.1) is 0 Å². The van der Waals surface area contributed by atoms with Crippen LogP contribution in [0.25, 0.3) is 0 Å². The van der Waals surface area contributed by atoms with E-state index in [1.54, 1.807) is 18.2 Å². The monoisotopic (exact) mass is 291 g/mol. The van der Waals surface area contributed by atoms with E-state index < -0.39 is 18.3 Å². The van der Waals surface area contributed by atoms with Crippen LogP contribution in [-0.4, -0.2) is 19.3 Å². The van der Waals surface area contributed by atoms with Crippen LogP contribution in [0.15, 0.2) is 18.2 Å². The summed E-state index contributed by atoms with van der Waals surface area (Å²) in [6.45, 7) is 1.85. The molecule has 6 heteroatoms. The van der Waals surface area contributed by atoms with Crippen molar-refractivity contribution in [3.05, 3.63) is 33.8 Å². The van der Waals surface area contributed by atoms with Crippen LogP contribution >= 0.6 is 23.2 Å². The van der Waals surface area contributed by atoms with Crippen molar-refractivity contribution < 1.29 is 14.3 Å². The van der Waals surface area contributed by atoms with Gasteiger partial charge in [0.05, 0.1) is 0 Å². The van der Waals surface area contributed by atoms with Gasteiger partial charge in [0, 0.05) is 22.7 Å². The summed E-state index contributed by atoms with van der Waals surface area (Å²) >= 11 is 12.2. The third-order valence-electron chi connectivity index (χ3n) is 2.55. The second kappa shape index (κ2) is 6.83. The summed E-state index contributed by atoms with van der Waals surface area (Å²) in [6.07, 6.45) is -1.41. The van der Waals surface area contributed by atoms with Gasteiger partial charge in [0.25, 0.3) is 0 Å². The van der Waals surface area contributed by atoms with E-state index >= 15 is 0 Å². The molecule has 2 atom stereocenters. The van der Waals surface area contributed by atoms with Gasteiger partial charge in [-0.15, -0.1) is 0 Å². The van der Waals surface area contributed by atoms with Gasteiger partial charge in [-0.3, -0.25) is 0 Å². The van der Waals surface area contributed by atoms with Crippen molar-refractivity contribution in [3.63, 3.8) is 0 Å². The van der Waals surface area contributed by atoms with Gasteiger partial charge in [0.15, 0.2) is 0 Å². The molecule has 0 fully saturated rings. The van der Waals surface area contributed by atoms with Crippen molar-refractivity contribution in [2.24, 2.45) is 5.73 Å². The molecule has 100 valence electrons. The average Bonchev–Trinajstić information content (AvgIpc) is 2.31. The Balaban J connectivity index is 3.11. The van der Waals surface area contributed by atoms with Gasteiger partial charge in [-0.2, -0.15) is 0 Å². The Kier molecular flexibility index (Phi) is 5.72. The van der Waals surface area contributed by atoms with Crippen molar-refractivity contribution in [3.8, 4) is 0 Å². The molecule has 2 unspecified atom stereocenters. The number of carbonyl (C=O) groups excluding carboxylic acids is 1. The van der Waals surface area contributed by atoms with Gasteiger partial charge >= 0.3 is 6.09 Å². The molecule has 4 nitrogen and oxygen atoms in total. The minimum absolute atomic E-state index is 0.459. The van der Waals surface area contributed by atoms with Crippen LogP contribution < -0.4 is 5.73 Å². The average molecular weight is 292 g/mol. The number of hydrogen-bond donors (Lipinski definition) is 1. The van der Waals surface area contributed by atoms with E-state index in [1.165, 1.54) is 7.11 Å². The number of halogens is 2. The predicted octanol–water partition coefficient (Wildman–Crippen LogP) is 3.55. The van der Waals surface area contributed by atoms with Crippen LogP contribution in [0.1, 0.15) is 25.0 Å². The zero-order valence-corrected chi connectivity index (χ0v) is 11.7.